The average molecular weight is 291 g/mol. The number of carbonyl (C=O) groups is 1. The maximum Gasteiger partial charge on any atom is 0.159 e. The van der Waals surface area contributed by atoms with E-state index in [4.69, 9.17) is 0 Å². The number of hydrogen-bond acceptors (Lipinski definition) is 5. The molecule has 3 aromatic rings. The molecule has 22 heavy (non-hydrogen) atoms. The number of hydrogen-bond donors (Lipinski definition) is 1. The van der Waals surface area contributed by atoms with Gasteiger partial charge in [0.15, 0.2) is 5.78 Å². The van der Waals surface area contributed by atoms with Crippen LogP contribution in [0.3, 0.4) is 0 Å². The number of pyridine rings is 1. The molecule has 5 heteroatoms. The van der Waals surface area contributed by atoms with Gasteiger partial charge in [0.1, 0.15) is 11.3 Å². The number of rotatable bonds is 3. The lowest BCUT2D eigenvalue weighted by Crippen LogP contribution is -1.89. The number of aromatic nitrogens is 1. The first-order chi connectivity index (χ1) is 10.6. The molecule has 0 unspecified atom stereocenters. The van der Waals surface area contributed by atoms with Gasteiger partial charge in [0.2, 0.25) is 0 Å². The summed E-state index contributed by atoms with van der Waals surface area (Å²) in [5.74, 6) is 0.124. The zero-order valence-electron chi connectivity index (χ0n) is 11.9. The summed E-state index contributed by atoms with van der Waals surface area (Å²) in [6, 6.07) is 13.7. The number of phenols is 1. The molecular weight excluding hydrogens is 278 g/mol. The van der Waals surface area contributed by atoms with E-state index < -0.39 is 0 Å². The van der Waals surface area contributed by atoms with Crippen LogP contribution in [0.5, 0.6) is 5.75 Å². The van der Waals surface area contributed by atoms with Crippen molar-refractivity contribution in [1.82, 2.24) is 4.98 Å². The predicted octanol–water partition coefficient (Wildman–Crippen LogP) is 4.56. The van der Waals surface area contributed by atoms with E-state index in [1.807, 2.05) is 6.07 Å². The molecule has 0 saturated carbocycles. The highest BCUT2D eigenvalue weighted by atomic mass is 16.3. The molecule has 108 valence electrons. The van der Waals surface area contributed by atoms with Crippen LogP contribution in [0.2, 0.25) is 0 Å². The highest BCUT2D eigenvalue weighted by Gasteiger charge is 2.05. The van der Waals surface area contributed by atoms with Crippen molar-refractivity contribution < 1.29 is 9.90 Å². The molecule has 0 radical (unpaired) electrons. The van der Waals surface area contributed by atoms with Crippen LogP contribution in [0, 0.1) is 0 Å². The SMILES string of the molecule is CC(=O)c1ccc(N=Nc2ccc(O)c3ncccc23)cc1. The van der Waals surface area contributed by atoms with E-state index in [-0.39, 0.29) is 11.5 Å². The fraction of sp³-hybridized carbons (Fsp3) is 0.0588. The zero-order valence-corrected chi connectivity index (χ0v) is 11.9. The van der Waals surface area contributed by atoms with Gasteiger partial charge in [-0.2, -0.15) is 5.11 Å². The molecule has 5 nitrogen and oxygen atoms in total. The molecule has 1 heterocycles. The van der Waals surface area contributed by atoms with E-state index >= 15 is 0 Å². The third-order valence-electron chi connectivity index (χ3n) is 3.27. The van der Waals surface area contributed by atoms with Gasteiger partial charge in [0.05, 0.1) is 11.4 Å². The van der Waals surface area contributed by atoms with E-state index in [0.717, 1.165) is 5.39 Å². The number of phenolic OH excluding ortho intramolecular Hbond substituents is 1. The fourth-order valence-corrected chi connectivity index (χ4v) is 2.10. The summed E-state index contributed by atoms with van der Waals surface area (Å²) in [6.07, 6.45) is 1.61. The van der Waals surface area contributed by atoms with E-state index in [1.165, 1.54) is 6.92 Å². The largest absolute Gasteiger partial charge is 0.506 e. The number of fused-ring (bicyclic) bond motifs is 1. The minimum Gasteiger partial charge on any atom is -0.506 e. The van der Waals surface area contributed by atoms with Crippen LogP contribution in [0.1, 0.15) is 17.3 Å². The Morgan fingerprint density at radius 2 is 1.82 bits per heavy atom. The van der Waals surface area contributed by atoms with Crippen LogP contribution >= 0.6 is 0 Å². The number of carbonyl (C=O) groups excluding carboxylic acids is 1. The van der Waals surface area contributed by atoms with Gasteiger partial charge in [0, 0.05) is 17.1 Å². The van der Waals surface area contributed by atoms with Gasteiger partial charge in [-0.3, -0.25) is 9.78 Å². The van der Waals surface area contributed by atoms with Gasteiger partial charge >= 0.3 is 0 Å². The summed E-state index contributed by atoms with van der Waals surface area (Å²) < 4.78 is 0. The lowest BCUT2D eigenvalue weighted by Gasteiger charge is -2.02. The van der Waals surface area contributed by atoms with Crippen molar-refractivity contribution in [2.75, 3.05) is 0 Å². The summed E-state index contributed by atoms with van der Waals surface area (Å²) in [6.45, 7) is 1.52. The lowest BCUT2D eigenvalue weighted by atomic mass is 10.1. The topological polar surface area (TPSA) is 74.9 Å². The Kier molecular flexibility index (Phi) is 3.62. The standard InChI is InChI=1S/C17H13N3O2/c1-11(21)12-4-6-13(7-5-12)19-20-15-8-9-16(22)17-14(15)3-2-10-18-17/h2-10,22H,1H3. The smallest absolute Gasteiger partial charge is 0.159 e. The second-order valence-electron chi connectivity index (χ2n) is 4.81. The highest BCUT2D eigenvalue weighted by molar-refractivity contribution is 5.94. The van der Waals surface area contributed by atoms with Crippen molar-refractivity contribution >= 4 is 28.1 Å². The van der Waals surface area contributed by atoms with Crippen LogP contribution in [0.15, 0.2) is 65.0 Å². The average Bonchev–Trinajstić information content (AvgIpc) is 2.55. The maximum absolute atomic E-state index is 11.2. The summed E-state index contributed by atoms with van der Waals surface area (Å²) in [5.41, 5.74) is 2.40. The van der Waals surface area contributed by atoms with Crippen molar-refractivity contribution in [3.63, 3.8) is 0 Å². The zero-order chi connectivity index (χ0) is 15.5. The third kappa shape index (κ3) is 2.69. The minimum absolute atomic E-state index is 0.0130. The molecule has 0 aliphatic heterocycles. The number of azo groups is 1. The second kappa shape index (κ2) is 5.73. The first-order valence-electron chi connectivity index (χ1n) is 6.74. The molecule has 0 bridgehead atoms. The predicted molar refractivity (Wildman–Crippen MR) is 84.0 cm³/mol. The minimum atomic E-state index is 0.0130. The Bertz CT molecular complexity index is 871. The van der Waals surface area contributed by atoms with E-state index in [9.17, 15) is 9.90 Å². The van der Waals surface area contributed by atoms with Crippen molar-refractivity contribution in [1.29, 1.82) is 0 Å². The third-order valence-corrected chi connectivity index (χ3v) is 3.27. The van der Waals surface area contributed by atoms with Crippen molar-refractivity contribution in [3.05, 3.63) is 60.3 Å². The van der Waals surface area contributed by atoms with Crippen molar-refractivity contribution in [3.8, 4) is 5.75 Å². The van der Waals surface area contributed by atoms with Gasteiger partial charge in [-0.25, -0.2) is 0 Å². The molecule has 0 amide bonds. The van der Waals surface area contributed by atoms with Gasteiger partial charge in [-0.1, -0.05) is 0 Å². The van der Waals surface area contributed by atoms with E-state index in [0.29, 0.717) is 22.5 Å². The molecule has 0 fully saturated rings. The van der Waals surface area contributed by atoms with Crippen LogP contribution in [-0.4, -0.2) is 15.9 Å². The summed E-state index contributed by atoms with van der Waals surface area (Å²) in [7, 11) is 0. The Hall–Kier alpha value is -3.08. The van der Waals surface area contributed by atoms with Crippen LogP contribution in [0.25, 0.3) is 10.9 Å². The number of aromatic hydroxyl groups is 1. The molecule has 0 saturated heterocycles. The Morgan fingerprint density at radius 3 is 2.55 bits per heavy atom. The Balaban J connectivity index is 1.96. The van der Waals surface area contributed by atoms with Crippen LogP contribution in [0.4, 0.5) is 11.4 Å². The van der Waals surface area contributed by atoms with Gasteiger partial charge < -0.3 is 5.11 Å². The second-order valence-corrected chi connectivity index (χ2v) is 4.81. The first-order valence-corrected chi connectivity index (χ1v) is 6.74. The van der Waals surface area contributed by atoms with E-state index in [1.54, 1.807) is 48.7 Å². The van der Waals surface area contributed by atoms with Crippen LogP contribution in [-0.2, 0) is 0 Å². The molecule has 1 aromatic heterocycles. The molecule has 3 rings (SSSR count). The normalized spacial score (nSPS) is 11.1. The molecular formula is C17H13N3O2. The molecule has 0 atom stereocenters. The number of ketones is 1. The highest BCUT2D eigenvalue weighted by Crippen LogP contribution is 2.31. The Labute approximate surface area is 127 Å². The molecule has 1 N–H and O–H groups in total. The number of Topliss-reactive ketones (excluding diaryl/α,β-unsaturated/α-hetero) is 1. The first kappa shape index (κ1) is 13.9. The molecule has 0 spiro atoms. The maximum atomic E-state index is 11.2. The van der Waals surface area contributed by atoms with Gasteiger partial charge in [-0.05, 0) is 55.5 Å². The fourth-order valence-electron chi connectivity index (χ4n) is 2.10. The summed E-state index contributed by atoms with van der Waals surface area (Å²) >= 11 is 0. The quantitative estimate of drug-likeness (QED) is 0.567. The Morgan fingerprint density at radius 1 is 1.05 bits per heavy atom. The number of benzene rings is 2. The van der Waals surface area contributed by atoms with Crippen molar-refractivity contribution in [2.45, 2.75) is 6.92 Å². The summed E-state index contributed by atoms with van der Waals surface area (Å²) in [5, 5.41) is 18.9. The molecule has 2 aromatic carbocycles. The molecule has 0 aliphatic rings. The van der Waals surface area contributed by atoms with Crippen molar-refractivity contribution in [2.24, 2.45) is 10.2 Å². The lowest BCUT2D eigenvalue weighted by molar-refractivity contribution is 0.101. The monoisotopic (exact) mass is 291 g/mol. The van der Waals surface area contributed by atoms with Gasteiger partial charge in [0.25, 0.3) is 0 Å². The van der Waals surface area contributed by atoms with E-state index in [2.05, 4.69) is 15.2 Å². The van der Waals surface area contributed by atoms with Gasteiger partial charge in [-0.15, -0.1) is 5.11 Å². The molecule has 0 aliphatic carbocycles. The van der Waals surface area contributed by atoms with Crippen LogP contribution < -0.4 is 0 Å². The summed E-state index contributed by atoms with van der Waals surface area (Å²) in [4.78, 5) is 15.4. The number of nitrogens with zero attached hydrogens (tertiary/aromatic N) is 3.